The Balaban J connectivity index is 1.58. The van der Waals surface area contributed by atoms with E-state index < -0.39 is 0 Å². The van der Waals surface area contributed by atoms with Crippen LogP contribution >= 0.6 is 15.9 Å². The highest BCUT2D eigenvalue weighted by Crippen LogP contribution is 2.23. The van der Waals surface area contributed by atoms with E-state index in [4.69, 9.17) is 4.74 Å². The Bertz CT molecular complexity index is 768. The highest BCUT2D eigenvalue weighted by atomic mass is 79.9. The van der Waals surface area contributed by atoms with Gasteiger partial charge in [0.1, 0.15) is 10.2 Å². The molecule has 0 saturated carbocycles. The summed E-state index contributed by atoms with van der Waals surface area (Å²) in [5, 5.41) is 4.13. The van der Waals surface area contributed by atoms with Crippen molar-refractivity contribution in [3.8, 4) is 5.75 Å². The summed E-state index contributed by atoms with van der Waals surface area (Å²) in [5.41, 5.74) is 2.06. The smallest absolute Gasteiger partial charge is 0.282 e. The molecule has 1 aromatic heterocycles. The van der Waals surface area contributed by atoms with Crippen molar-refractivity contribution in [2.75, 3.05) is 37.7 Å². The van der Waals surface area contributed by atoms with Crippen LogP contribution in [-0.4, -0.2) is 47.5 Å². The Morgan fingerprint density at radius 1 is 1.16 bits per heavy atom. The summed E-state index contributed by atoms with van der Waals surface area (Å²) in [6, 6.07) is 8.30. The normalized spacial score (nSPS) is 15.4. The number of hydrogen-bond donors (Lipinski definition) is 0. The predicted molar refractivity (Wildman–Crippen MR) is 102 cm³/mol. The third kappa shape index (κ3) is 4.22. The lowest BCUT2D eigenvalue weighted by Gasteiger charge is -2.36. The van der Waals surface area contributed by atoms with E-state index in [0.717, 1.165) is 44.2 Å². The summed E-state index contributed by atoms with van der Waals surface area (Å²) in [6.45, 7) is 7.27. The Labute approximate surface area is 156 Å². The van der Waals surface area contributed by atoms with Crippen molar-refractivity contribution < 1.29 is 4.74 Å². The number of anilines is 1. The van der Waals surface area contributed by atoms with Gasteiger partial charge in [-0.15, -0.1) is 0 Å². The van der Waals surface area contributed by atoms with Crippen molar-refractivity contribution in [1.82, 2.24) is 14.7 Å². The lowest BCUT2D eigenvalue weighted by Crippen LogP contribution is -2.46. The van der Waals surface area contributed by atoms with E-state index in [-0.39, 0.29) is 5.56 Å². The number of aromatic nitrogens is 2. The zero-order chi connectivity index (χ0) is 17.8. The zero-order valence-electron chi connectivity index (χ0n) is 14.6. The number of benzene rings is 1. The molecule has 1 aliphatic heterocycles. The lowest BCUT2D eigenvalue weighted by molar-refractivity contribution is 0.249. The molecule has 0 N–H and O–H groups in total. The van der Waals surface area contributed by atoms with Gasteiger partial charge in [-0.2, -0.15) is 5.10 Å². The summed E-state index contributed by atoms with van der Waals surface area (Å²) >= 11 is 3.41. The molecule has 2 heterocycles. The molecule has 0 spiro atoms. The van der Waals surface area contributed by atoms with Crippen LogP contribution in [-0.2, 0) is 13.6 Å². The molecule has 134 valence electrons. The minimum Gasteiger partial charge on any atom is -0.494 e. The Kier molecular flexibility index (Phi) is 5.75. The highest BCUT2D eigenvalue weighted by molar-refractivity contribution is 9.10. The van der Waals surface area contributed by atoms with Crippen molar-refractivity contribution in [3.63, 3.8) is 0 Å². The second kappa shape index (κ2) is 8.01. The van der Waals surface area contributed by atoms with E-state index in [0.29, 0.717) is 11.1 Å². The molecule has 6 nitrogen and oxygen atoms in total. The topological polar surface area (TPSA) is 50.6 Å². The van der Waals surface area contributed by atoms with Gasteiger partial charge in [-0.25, -0.2) is 4.68 Å². The predicted octanol–water partition coefficient (Wildman–Crippen LogP) is 2.26. The first-order valence-corrected chi connectivity index (χ1v) is 9.28. The fraction of sp³-hybridized carbons (Fsp3) is 0.444. The summed E-state index contributed by atoms with van der Waals surface area (Å²) in [6.07, 6.45) is 1.76. The van der Waals surface area contributed by atoms with Gasteiger partial charge in [0.2, 0.25) is 0 Å². The first-order valence-electron chi connectivity index (χ1n) is 8.49. The molecule has 0 unspecified atom stereocenters. The summed E-state index contributed by atoms with van der Waals surface area (Å²) in [7, 11) is 1.66. The average Bonchev–Trinajstić information content (AvgIpc) is 2.63. The minimum absolute atomic E-state index is 0.102. The molecule has 0 bridgehead atoms. The SMILES string of the molecule is CCOc1ccc(CN2CCN(c3cnn(C)c(=O)c3Br)CC2)cc1. The van der Waals surface area contributed by atoms with Gasteiger partial charge in [0, 0.05) is 39.8 Å². The number of rotatable bonds is 5. The maximum Gasteiger partial charge on any atom is 0.282 e. The molecule has 1 saturated heterocycles. The minimum atomic E-state index is -0.102. The second-order valence-corrected chi connectivity index (χ2v) is 6.91. The fourth-order valence-corrected chi connectivity index (χ4v) is 3.60. The van der Waals surface area contributed by atoms with Gasteiger partial charge in [0.15, 0.2) is 0 Å². The maximum absolute atomic E-state index is 12.0. The molecule has 25 heavy (non-hydrogen) atoms. The molecule has 1 aromatic carbocycles. The van der Waals surface area contributed by atoms with Crippen LogP contribution in [0, 0.1) is 0 Å². The van der Waals surface area contributed by atoms with Crippen LogP contribution in [0.2, 0.25) is 0 Å². The molecule has 0 atom stereocenters. The number of aryl methyl sites for hydroxylation is 1. The van der Waals surface area contributed by atoms with Crippen molar-refractivity contribution in [2.24, 2.45) is 7.05 Å². The highest BCUT2D eigenvalue weighted by Gasteiger charge is 2.20. The number of ether oxygens (including phenoxy) is 1. The van der Waals surface area contributed by atoms with E-state index >= 15 is 0 Å². The lowest BCUT2D eigenvalue weighted by atomic mass is 10.2. The molecule has 0 amide bonds. The van der Waals surface area contributed by atoms with Crippen LogP contribution in [0.4, 0.5) is 5.69 Å². The van der Waals surface area contributed by atoms with Crippen molar-refractivity contribution in [1.29, 1.82) is 0 Å². The molecular formula is C18H23BrN4O2. The summed E-state index contributed by atoms with van der Waals surface area (Å²) < 4.78 is 7.42. The fourth-order valence-electron chi connectivity index (χ4n) is 2.99. The number of nitrogens with zero attached hydrogens (tertiary/aromatic N) is 4. The van der Waals surface area contributed by atoms with Gasteiger partial charge in [-0.05, 0) is 40.5 Å². The van der Waals surface area contributed by atoms with Crippen LogP contribution in [0.1, 0.15) is 12.5 Å². The van der Waals surface area contributed by atoms with Crippen LogP contribution in [0.3, 0.4) is 0 Å². The standard InChI is InChI=1S/C18H23BrN4O2/c1-3-25-15-6-4-14(5-7-15)13-22-8-10-23(11-9-22)16-12-20-21(2)18(24)17(16)19/h4-7,12H,3,8-11,13H2,1-2H3. The van der Waals surface area contributed by atoms with Gasteiger partial charge in [0.25, 0.3) is 5.56 Å². The largest absolute Gasteiger partial charge is 0.494 e. The number of piperazine rings is 1. The summed E-state index contributed by atoms with van der Waals surface area (Å²) in [4.78, 5) is 16.7. The van der Waals surface area contributed by atoms with E-state index in [9.17, 15) is 4.79 Å². The first-order chi connectivity index (χ1) is 12.1. The van der Waals surface area contributed by atoms with Gasteiger partial charge in [0.05, 0.1) is 18.5 Å². The van der Waals surface area contributed by atoms with E-state index in [1.54, 1.807) is 13.2 Å². The van der Waals surface area contributed by atoms with Crippen molar-refractivity contribution >= 4 is 21.6 Å². The average molecular weight is 407 g/mol. The van der Waals surface area contributed by atoms with Crippen LogP contribution in [0.15, 0.2) is 39.7 Å². The first kappa shape index (κ1) is 17.9. The molecule has 3 rings (SSSR count). The van der Waals surface area contributed by atoms with E-state index in [1.165, 1.54) is 10.2 Å². The quantitative estimate of drug-likeness (QED) is 0.761. The van der Waals surface area contributed by atoms with Gasteiger partial charge >= 0.3 is 0 Å². The molecule has 0 aliphatic carbocycles. The van der Waals surface area contributed by atoms with E-state index in [1.807, 2.05) is 19.1 Å². The Hall–Kier alpha value is -1.86. The Morgan fingerprint density at radius 3 is 2.48 bits per heavy atom. The Morgan fingerprint density at radius 2 is 1.84 bits per heavy atom. The molecule has 0 radical (unpaired) electrons. The molecule has 7 heteroatoms. The summed E-state index contributed by atoms with van der Waals surface area (Å²) in [5.74, 6) is 0.916. The third-order valence-corrected chi connectivity index (χ3v) is 5.16. The molecule has 1 aliphatic rings. The van der Waals surface area contributed by atoms with Crippen molar-refractivity contribution in [2.45, 2.75) is 13.5 Å². The van der Waals surface area contributed by atoms with E-state index in [2.05, 4.69) is 43.0 Å². The monoisotopic (exact) mass is 406 g/mol. The van der Waals surface area contributed by atoms with Gasteiger partial charge < -0.3 is 9.64 Å². The molecular weight excluding hydrogens is 384 g/mol. The zero-order valence-corrected chi connectivity index (χ0v) is 16.2. The van der Waals surface area contributed by atoms with Crippen molar-refractivity contribution in [3.05, 3.63) is 50.9 Å². The van der Waals surface area contributed by atoms with Gasteiger partial charge in [-0.3, -0.25) is 9.69 Å². The second-order valence-electron chi connectivity index (χ2n) is 6.11. The van der Waals surface area contributed by atoms with Gasteiger partial charge in [-0.1, -0.05) is 12.1 Å². The molecule has 1 fully saturated rings. The van der Waals surface area contributed by atoms with Crippen LogP contribution in [0.25, 0.3) is 0 Å². The third-order valence-electron chi connectivity index (χ3n) is 4.41. The maximum atomic E-state index is 12.0. The number of halogens is 1. The number of hydrogen-bond acceptors (Lipinski definition) is 5. The van der Waals surface area contributed by atoms with Crippen LogP contribution in [0.5, 0.6) is 5.75 Å². The van der Waals surface area contributed by atoms with Crippen LogP contribution < -0.4 is 15.2 Å². The molecule has 2 aromatic rings.